The summed E-state index contributed by atoms with van der Waals surface area (Å²) in [4.78, 5) is 40.9. The van der Waals surface area contributed by atoms with Gasteiger partial charge in [0.2, 0.25) is 0 Å². The molecular weight excluding hydrogens is 687 g/mol. The number of ether oxygens (including phenoxy) is 1. The largest absolute Gasteiger partial charge is 0.744 e. The van der Waals surface area contributed by atoms with Crippen molar-refractivity contribution in [2.24, 2.45) is 11.8 Å². The third-order valence-corrected chi connectivity index (χ3v) is 13.0. The summed E-state index contributed by atoms with van der Waals surface area (Å²) in [5.74, 6) is -3.18. The van der Waals surface area contributed by atoms with Crippen LogP contribution in [0.15, 0.2) is 46.2 Å². The lowest BCUT2D eigenvalue weighted by Crippen LogP contribution is -2.32. The molecule has 4 aliphatic rings. The molecule has 2 atom stereocenters. The first-order chi connectivity index (χ1) is 23.1. The van der Waals surface area contributed by atoms with Crippen molar-refractivity contribution >= 4 is 49.7 Å². The average Bonchev–Trinajstić information content (AvgIpc) is 3.53. The predicted molar refractivity (Wildman–Crippen MR) is 177 cm³/mol. The fourth-order valence-corrected chi connectivity index (χ4v) is 9.28. The Kier molecular flexibility index (Phi) is 7.38. The van der Waals surface area contributed by atoms with Crippen molar-refractivity contribution in [2.45, 2.75) is 81.4 Å². The van der Waals surface area contributed by atoms with Gasteiger partial charge in [-0.25, -0.2) is 13.2 Å². The van der Waals surface area contributed by atoms with E-state index in [1.807, 2.05) is 41.5 Å². The Morgan fingerprint density at radius 2 is 1.54 bits per heavy atom. The highest BCUT2D eigenvalue weighted by Gasteiger charge is 2.45. The van der Waals surface area contributed by atoms with Gasteiger partial charge < -0.3 is 14.1 Å². The predicted octanol–water partition coefficient (Wildman–Crippen LogP) is 3.59. The molecule has 0 saturated carbocycles. The molecule has 50 heavy (non-hydrogen) atoms. The van der Waals surface area contributed by atoms with Gasteiger partial charge in [0.05, 0.1) is 5.56 Å². The molecule has 7 rings (SSSR count). The molecule has 2 aliphatic carbocycles. The Hall–Kier alpha value is -4.37. The van der Waals surface area contributed by atoms with Crippen LogP contribution in [0.25, 0.3) is 11.6 Å². The van der Waals surface area contributed by atoms with Gasteiger partial charge in [0.25, 0.3) is 21.9 Å². The Morgan fingerprint density at radius 1 is 0.920 bits per heavy atom. The molecule has 262 valence electrons. The number of nitrogens with zero attached hydrogens (tertiary/aromatic N) is 1. The Bertz CT molecular complexity index is 2430. The number of carbonyl (C=O) groups is 3. The van der Waals surface area contributed by atoms with Crippen LogP contribution in [0, 0.1) is 11.8 Å². The minimum Gasteiger partial charge on any atom is -0.744 e. The highest BCUT2D eigenvalue weighted by molar-refractivity contribution is 7.86. The molecule has 14 heteroatoms. The van der Waals surface area contributed by atoms with Gasteiger partial charge in [-0.05, 0) is 80.8 Å². The van der Waals surface area contributed by atoms with Crippen molar-refractivity contribution in [3.05, 3.63) is 80.2 Å². The topological polar surface area (TPSA) is 184 Å². The molecule has 1 saturated heterocycles. The van der Waals surface area contributed by atoms with E-state index in [1.165, 1.54) is 24.3 Å². The molecule has 1 N–H and O–H groups in total. The highest BCUT2D eigenvalue weighted by atomic mass is 32.2. The summed E-state index contributed by atoms with van der Waals surface area (Å²) in [5.41, 5.74) is 1.32. The van der Waals surface area contributed by atoms with Crippen LogP contribution in [0.1, 0.15) is 92.6 Å². The first-order valence-electron chi connectivity index (χ1n) is 16.1. The number of hydroxylamine groups is 2. The minimum atomic E-state index is -5.23. The molecule has 2 aliphatic heterocycles. The number of amides is 2. The average molecular weight is 721 g/mol. The first kappa shape index (κ1) is 34.1. The van der Waals surface area contributed by atoms with E-state index in [-0.39, 0.29) is 64.2 Å². The van der Waals surface area contributed by atoms with E-state index in [4.69, 9.17) is 9.57 Å². The lowest BCUT2D eigenvalue weighted by molar-refractivity contribution is -0.172. The van der Waals surface area contributed by atoms with E-state index < -0.39 is 58.6 Å². The standard InChI is InChI=1S/C36H35NO11S2/c1-17-13-21-25(35(17,3)4)15-23-29(19-7-9-20(10-8-19)34(40)48-37-27(38)11-12-28(37)39)24-16-26-22(14-18(2)36(26,5)6)33(50(44,45)46)31(24)47-30(23)32(21)49(41,42)43/h7-10,13,15-18H,11-12,14H2,1-6H3,(H,41,42,43)(H,44,45,46)/p-1. The maximum Gasteiger partial charge on any atom is 0.363 e. The Balaban J connectivity index is 1.56. The van der Waals surface area contributed by atoms with Gasteiger partial charge in [0, 0.05) is 29.2 Å². The van der Waals surface area contributed by atoms with Crippen LogP contribution < -0.4 is 15.2 Å². The summed E-state index contributed by atoms with van der Waals surface area (Å²) in [6, 6.07) is 9.33. The van der Waals surface area contributed by atoms with Gasteiger partial charge in [-0.15, -0.1) is 5.06 Å². The van der Waals surface area contributed by atoms with Crippen molar-refractivity contribution in [3.8, 4) is 11.5 Å². The van der Waals surface area contributed by atoms with Gasteiger partial charge in [-0.2, -0.15) is 8.42 Å². The third-order valence-electron chi connectivity index (χ3n) is 11.1. The molecule has 0 aromatic heterocycles. The zero-order valence-electron chi connectivity index (χ0n) is 28.1. The van der Waals surface area contributed by atoms with Gasteiger partial charge in [-0.1, -0.05) is 59.8 Å². The van der Waals surface area contributed by atoms with Gasteiger partial charge >= 0.3 is 5.97 Å². The smallest absolute Gasteiger partial charge is 0.363 e. The second-order valence-electron chi connectivity index (χ2n) is 14.6. The fourth-order valence-electron chi connectivity index (χ4n) is 7.56. The van der Waals surface area contributed by atoms with Crippen LogP contribution in [0.4, 0.5) is 0 Å². The quantitative estimate of drug-likeness (QED) is 0.235. The highest BCUT2D eigenvalue weighted by Crippen LogP contribution is 2.52. The fraction of sp³-hybridized carbons (Fsp3) is 0.361. The van der Waals surface area contributed by atoms with Crippen LogP contribution in [-0.4, -0.2) is 48.8 Å². The summed E-state index contributed by atoms with van der Waals surface area (Å²) in [6.45, 7) is 11.6. The van der Waals surface area contributed by atoms with Crippen molar-refractivity contribution in [3.63, 3.8) is 0 Å². The van der Waals surface area contributed by atoms with E-state index in [1.54, 1.807) is 18.2 Å². The molecular formula is C36H34NO11S2-. The maximum atomic E-state index is 13.2. The van der Waals surface area contributed by atoms with Crippen LogP contribution in [-0.2, 0) is 51.9 Å². The Morgan fingerprint density at radius 3 is 2.12 bits per heavy atom. The normalized spacial score (nSPS) is 21.6. The molecule has 1 fully saturated rings. The number of fused-ring (bicyclic) bond motifs is 4. The zero-order chi connectivity index (χ0) is 36.5. The molecule has 2 unspecified atom stereocenters. The summed E-state index contributed by atoms with van der Waals surface area (Å²) >= 11 is 0. The summed E-state index contributed by atoms with van der Waals surface area (Å²) in [7, 11) is -10.2. The molecule has 12 nitrogen and oxygen atoms in total. The number of imide groups is 1. The zero-order valence-corrected chi connectivity index (χ0v) is 29.7. The third kappa shape index (κ3) is 4.94. The minimum absolute atomic E-state index is 0.0155. The van der Waals surface area contributed by atoms with Crippen LogP contribution in [0.3, 0.4) is 0 Å². The monoisotopic (exact) mass is 720 g/mol. The van der Waals surface area contributed by atoms with Crippen LogP contribution in [0.5, 0.6) is 11.5 Å². The molecule has 0 bridgehead atoms. The lowest BCUT2D eigenvalue weighted by Gasteiger charge is -2.31. The molecule has 2 heterocycles. The summed E-state index contributed by atoms with van der Waals surface area (Å²) < 4.78 is 82.7. The van der Waals surface area contributed by atoms with Crippen molar-refractivity contribution in [2.75, 3.05) is 0 Å². The maximum absolute atomic E-state index is 13.2. The molecule has 3 aromatic carbocycles. The molecule has 0 radical (unpaired) electrons. The Labute approximate surface area is 288 Å². The first-order valence-corrected chi connectivity index (χ1v) is 18.9. The second-order valence-corrected chi connectivity index (χ2v) is 17.3. The van der Waals surface area contributed by atoms with E-state index in [0.29, 0.717) is 32.9 Å². The number of hydrogen-bond donors (Lipinski definition) is 1. The van der Waals surface area contributed by atoms with E-state index in [9.17, 15) is 40.3 Å². The van der Waals surface area contributed by atoms with Gasteiger partial charge in [-0.3, -0.25) is 14.1 Å². The van der Waals surface area contributed by atoms with E-state index in [2.05, 4.69) is 0 Å². The van der Waals surface area contributed by atoms with Crippen molar-refractivity contribution in [1.82, 2.24) is 5.06 Å². The second kappa shape index (κ2) is 10.8. The van der Waals surface area contributed by atoms with Crippen LogP contribution in [0.2, 0.25) is 0 Å². The molecule has 2 amide bonds. The van der Waals surface area contributed by atoms with Gasteiger partial charge in [0.1, 0.15) is 19.9 Å². The van der Waals surface area contributed by atoms with E-state index in [0.717, 1.165) is 0 Å². The number of carbonyl (C=O) groups excluding carboxylic acids is 3. The number of rotatable bonds is 5. The number of hydrogen-bond acceptors (Lipinski definition) is 10. The molecule has 3 aromatic rings. The van der Waals surface area contributed by atoms with Crippen molar-refractivity contribution < 1.29 is 49.9 Å². The lowest BCUT2D eigenvalue weighted by atomic mass is 9.77. The van der Waals surface area contributed by atoms with Gasteiger partial charge in [0.15, 0.2) is 11.5 Å². The number of benzene rings is 3. The van der Waals surface area contributed by atoms with Crippen LogP contribution >= 0.6 is 0 Å². The summed E-state index contributed by atoms with van der Waals surface area (Å²) in [6.07, 6.45) is 1.82. The van der Waals surface area contributed by atoms with E-state index >= 15 is 0 Å². The summed E-state index contributed by atoms with van der Waals surface area (Å²) in [5, 5.41) is 0.809. The molecule has 0 spiro atoms. The van der Waals surface area contributed by atoms with Crippen molar-refractivity contribution in [1.29, 1.82) is 0 Å². The SMILES string of the molecule is CC1C=c2c(cc3c(c2S(=O)(=O)[O-])Oc2c(cc4c(c2S(=O)(=O)O)CC(C)C4(C)C)C=3c2ccc(C(=O)ON3C(=O)CCC3=O)cc2)C1(C)C.